The summed E-state index contributed by atoms with van der Waals surface area (Å²) in [6.45, 7) is 1.72. The van der Waals surface area contributed by atoms with Gasteiger partial charge < -0.3 is 15.0 Å². The SMILES string of the molecule is O=c1ncc(OC2CNC2)c[nH]1. The number of rotatable bonds is 2. The molecule has 5 heteroatoms. The van der Waals surface area contributed by atoms with Crippen LogP contribution in [0, 0.1) is 0 Å². The highest BCUT2D eigenvalue weighted by Crippen LogP contribution is 2.08. The van der Waals surface area contributed by atoms with Crippen molar-refractivity contribution in [3.63, 3.8) is 0 Å². The fraction of sp³-hybridized carbons (Fsp3) is 0.429. The molecule has 64 valence electrons. The molecule has 0 bridgehead atoms. The molecule has 0 saturated carbocycles. The van der Waals surface area contributed by atoms with Crippen LogP contribution >= 0.6 is 0 Å². The van der Waals surface area contributed by atoms with Crippen molar-refractivity contribution in [1.82, 2.24) is 15.3 Å². The second kappa shape index (κ2) is 2.94. The lowest BCUT2D eigenvalue weighted by Crippen LogP contribution is -2.50. The van der Waals surface area contributed by atoms with Crippen LogP contribution in [0.2, 0.25) is 0 Å². The summed E-state index contributed by atoms with van der Waals surface area (Å²) < 4.78 is 5.41. The van der Waals surface area contributed by atoms with Crippen LogP contribution in [0.5, 0.6) is 5.75 Å². The highest BCUT2D eigenvalue weighted by Gasteiger charge is 2.17. The Balaban J connectivity index is 2.03. The fourth-order valence-electron chi connectivity index (χ4n) is 0.932. The van der Waals surface area contributed by atoms with Gasteiger partial charge in [0.05, 0.1) is 6.20 Å². The second-order valence-electron chi connectivity index (χ2n) is 2.65. The highest BCUT2D eigenvalue weighted by atomic mass is 16.5. The average molecular weight is 167 g/mol. The summed E-state index contributed by atoms with van der Waals surface area (Å²) in [6.07, 6.45) is 3.17. The first-order valence-corrected chi connectivity index (χ1v) is 3.77. The van der Waals surface area contributed by atoms with E-state index in [1.54, 1.807) is 0 Å². The number of aromatic nitrogens is 2. The first kappa shape index (κ1) is 7.30. The van der Waals surface area contributed by atoms with Gasteiger partial charge in [-0.2, -0.15) is 4.98 Å². The molecule has 0 amide bonds. The first-order chi connectivity index (χ1) is 5.84. The molecule has 0 unspecified atom stereocenters. The third-order valence-electron chi connectivity index (χ3n) is 1.69. The van der Waals surface area contributed by atoms with Gasteiger partial charge in [-0.1, -0.05) is 0 Å². The molecule has 1 aliphatic heterocycles. The number of nitrogens with one attached hydrogen (secondary N) is 2. The molecule has 0 aliphatic carbocycles. The molecule has 1 aliphatic rings. The van der Waals surface area contributed by atoms with Gasteiger partial charge in [0.1, 0.15) is 6.10 Å². The maximum atomic E-state index is 10.6. The number of ether oxygens (including phenoxy) is 1. The van der Waals surface area contributed by atoms with Crippen molar-refractivity contribution in [3.05, 3.63) is 22.9 Å². The minimum Gasteiger partial charge on any atom is -0.485 e. The van der Waals surface area contributed by atoms with Crippen LogP contribution in [0.15, 0.2) is 17.2 Å². The van der Waals surface area contributed by atoms with Gasteiger partial charge in [0, 0.05) is 19.3 Å². The summed E-state index contributed by atoms with van der Waals surface area (Å²) >= 11 is 0. The van der Waals surface area contributed by atoms with E-state index in [-0.39, 0.29) is 11.8 Å². The van der Waals surface area contributed by atoms with Crippen LogP contribution in [-0.2, 0) is 0 Å². The lowest BCUT2D eigenvalue weighted by molar-refractivity contribution is 0.141. The molecule has 2 N–H and O–H groups in total. The third-order valence-corrected chi connectivity index (χ3v) is 1.69. The Kier molecular flexibility index (Phi) is 1.79. The molecule has 1 aromatic rings. The van der Waals surface area contributed by atoms with Crippen LogP contribution in [0.25, 0.3) is 0 Å². The van der Waals surface area contributed by atoms with E-state index in [2.05, 4.69) is 15.3 Å². The van der Waals surface area contributed by atoms with Crippen molar-refractivity contribution in [3.8, 4) is 5.75 Å². The summed E-state index contributed by atoms with van der Waals surface area (Å²) in [6, 6.07) is 0. The molecule has 2 rings (SSSR count). The highest BCUT2D eigenvalue weighted by molar-refractivity contribution is 5.11. The zero-order chi connectivity index (χ0) is 8.39. The Hall–Kier alpha value is -1.36. The number of hydrogen-bond acceptors (Lipinski definition) is 4. The monoisotopic (exact) mass is 167 g/mol. The molecule has 0 radical (unpaired) electrons. The fourth-order valence-corrected chi connectivity index (χ4v) is 0.932. The van der Waals surface area contributed by atoms with Gasteiger partial charge in [0.25, 0.3) is 0 Å². The van der Waals surface area contributed by atoms with E-state index in [1.807, 2.05) is 0 Å². The van der Waals surface area contributed by atoms with Crippen molar-refractivity contribution in [2.45, 2.75) is 6.10 Å². The molecule has 0 spiro atoms. The molecule has 2 heterocycles. The van der Waals surface area contributed by atoms with E-state index in [9.17, 15) is 4.79 Å². The topological polar surface area (TPSA) is 67.0 Å². The minimum atomic E-state index is -0.353. The third kappa shape index (κ3) is 1.45. The van der Waals surface area contributed by atoms with Gasteiger partial charge in [-0.05, 0) is 0 Å². The van der Waals surface area contributed by atoms with Crippen molar-refractivity contribution in [2.24, 2.45) is 0 Å². The van der Waals surface area contributed by atoms with Crippen molar-refractivity contribution < 1.29 is 4.74 Å². The maximum Gasteiger partial charge on any atom is 0.345 e. The Morgan fingerprint density at radius 2 is 2.42 bits per heavy atom. The Labute approximate surface area is 68.8 Å². The Bertz CT molecular complexity index is 298. The Morgan fingerprint density at radius 3 is 2.92 bits per heavy atom. The van der Waals surface area contributed by atoms with E-state index in [4.69, 9.17) is 4.74 Å². The van der Waals surface area contributed by atoms with E-state index in [0.29, 0.717) is 5.75 Å². The minimum absolute atomic E-state index is 0.220. The number of nitrogens with zero attached hydrogens (tertiary/aromatic N) is 1. The lowest BCUT2D eigenvalue weighted by atomic mass is 10.2. The van der Waals surface area contributed by atoms with Gasteiger partial charge in [0.2, 0.25) is 0 Å². The zero-order valence-corrected chi connectivity index (χ0v) is 6.41. The summed E-state index contributed by atoms with van der Waals surface area (Å²) in [4.78, 5) is 16.5. The van der Waals surface area contributed by atoms with E-state index >= 15 is 0 Å². The Morgan fingerprint density at radius 1 is 1.58 bits per heavy atom. The normalized spacial score (nSPS) is 17.0. The number of aromatic amines is 1. The van der Waals surface area contributed by atoms with Crippen molar-refractivity contribution in [2.75, 3.05) is 13.1 Å². The van der Waals surface area contributed by atoms with Crippen LogP contribution in [0.3, 0.4) is 0 Å². The standard InChI is InChI=1S/C7H9N3O2/c11-7-9-3-6(4-10-7)12-5-1-8-2-5/h3-5,8H,1-2H2,(H,9,10,11). The van der Waals surface area contributed by atoms with E-state index in [1.165, 1.54) is 12.4 Å². The molecule has 12 heavy (non-hydrogen) atoms. The summed E-state index contributed by atoms with van der Waals surface area (Å²) in [5.74, 6) is 0.612. The number of hydrogen-bond donors (Lipinski definition) is 2. The quantitative estimate of drug-likeness (QED) is 0.600. The van der Waals surface area contributed by atoms with Gasteiger partial charge in [-0.3, -0.25) is 0 Å². The van der Waals surface area contributed by atoms with Crippen LogP contribution in [0.1, 0.15) is 0 Å². The molecule has 1 aromatic heterocycles. The van der Waals surface area contributed by atoms with Gasteiger partial charge in [0.15, 0.2) is 5.75 Å². The predicted molar refractivity (Wildman–Crippen MR) is 42.1 cm³/mol. The van der Waals surface area contributed by atoms with Gasteiger partial charge >= 0.3 is 5.69 Å². The van der Waals surface area contributed by atoms with Crippen LogP contribution in [-0.4, -0.2) is 29.2 Å². The van der Waals surface area contributed by atoms with E-state index < -0.39 is 0 Å². The molecule has 1 saturated heterocycles. The smallest absolute Gasteiger partial charge is 0.345 e. The number of H-pyrrole nitrogens is 1. The summed E-state index contributed by atoms with van der Waals surface area (Å²) in [5, 5.41) is 3.08. The molecule has 0 aromatic carbocycles. The predicted octanol–water partition coefficient (Wildman–Crippen LogP) is -0.879. The second-order valence-corrected chi connectivity index (χ2v) is 2.65. The van der Waals surface area contributed by atoms with E-state index in [0.717, 1.165) is 13.1 Å². The first-order valence-electron chi connectivity index (χ1n) is 3.77. The maximum absolute atomic E-state index is 10.6. The summed E-state index contributed by atoms with van der Waals surface area (Å²) in [7, 11) is 0. The average Bonchev–Trinajstić information content (AvgIpc) is 2.00. The molecule has 0 atom stereocenters. The van der Waals surface area contributed by atoms with Gasteiger partial charge in [-0.15, -0.1) is 0 Å². The van der Waals surface area contributed by atoms with Crippen LogP contribution < -0.4 is 15.7 Å². The van der Waals surface area contributed by atoms with Crippen molar-refractivity contribution in [1.29, 1.82) is 0 Å². The molecular weight excluding hydrogens is 158 g/mol. The summed E-state index contributed by atoms with van der Waals surface area (Å²) in [5.41, 5.74) is -0.353. The zero-order valence-electron chi connectivity index (χ0n) is 6.41. The van der Waals surface area contributed by atoms with Crippen molar-refractivity contribution >= 4 is 0 Å². The molecule has 1 fully saturated rings. The largest absolute Gasteiger partial charge is 0.485 e. The molecular formula is C7H9N3O2. The molecule has 5 nitrogen and oxygen atoms in total. The van der Waals surface area contributed by atoms with Gasteiger partial charge in [-0.25, -0.2) is 4.79 Å². The lowest BCUT2D eigenvalue weighted by Gasteiger charge is -2.27. The van der Waals surface area contributed by atoms with Crippen LogP contribution in [0.4, 0.5) is 0 Å².